The SMILES string of the molecule is c1cc(C2(C3CCCCC3)CCCCC2c2ccc3c(c2)OCO3)ccc1C1CCCCC1. The average molecular weight is 445 g/mol. The first-order chi connectivity index (χ1) is 16.3. The van der Waals surface area contributed by atoms with Crippen LogP contribution in [-0.2, 0) is 5.41 Å². The van der Waals surface area contributed by atoms with E-state index in [1.807, 2.05) is 0 Å². The summed E-state index contributed by atoms with van der Waals surface area (Å²) in [7, 11) is 0. The molecule has 176 valence electrons. The van der Waals surface area contributed by atoms with Crippen molar-refractivity contribution in [2.75, 3.05) is 6.79 Å². The highest BCUT2D eigenvalue weighted by atomic mass is 16.7. The number of fused-ring (bicyclic) bond motifs is 1. The van der Waals surface area contributed by atoms with Crippen molar-refractivity contribution in [1.82, 2.24) is 0 Å². The monoisotopic (exact) mass is 444 g/mol. The van der Waals surface area contributed by atoms with Crippen LogP contribution in [0.2, 0.25) is 0 Å². The lowest BCUT2D eigenvalue weighted by Crippen LogP contribution is -2.44. The molecule has 0 bridgehead atoms. The van der Waals surface area contributed by atoms with Crippen LogP contribution >= 0.6 is 0 Å². The van der Waals surface area contributed by atoms with Crippen molar-refractivity contribution in [2.24, 2.45) is 5.92 Å². The summed E-state index contributed by atoms with van der Waals surface area (Å²) in [5.74, 6) is 4.01. The van der Waals surface area contributed by atoms with Gasteiger partial charge in [-0.05, 0) is 85.1 Å². The quantitative estimate of drug-likeness (QED) is 0.470. The van der Waals surface area contributed by atoms with Gasteiger partial charge in [0.1, 0.15) is 0 Å². The molecule has 2 atom stereocenters. The molecule has 1 aliphatic heterocycles. The lowest BCUT2D eigenvalue weighted by atomic mass is 9.52. The second kappa shape index (κ2) is 9.35. The van der Waals surface area contributed by atoms with E-state index in [0.29, 0.717) is 12.7 Å². The van der Waals surface area contributed by atoms with E-state index in [-0.39, 0.29) is 5.41 Å². The Balaban J connectivity index is 1.40. The third-order valence-electron chi connectivity index (χ3n) is 9.61. The highest BCUT2D eigenvalue weighted by molar-refractivity contribution is 5.48. The number of benzene rings is 2. The number of hydrogen-bond acceptors (Lipinski definition) is 2. The van der Waals surface area contributed by atoms with E-state index < -0.39 is 0 Å². The van der Waals surface area contributed by atoms with Crippen LogP contribution in [0.1, 0.15) is 118 Å². The van der Waals surface area contributed by atoms with Gasteiger partial charge >= 0.3 is 0 Å². The molecule has 0 saturated heterocycles. The molecule has 0 amide bonds. The van der Waals surface area contributed by atoms with Crippen molar-refractivity contribution in [3.8, 4) is 11.5 Å². The van der Waals surface area contributed by atoms with Gasteiger partial charge in [0.2, 0.25) is 6.79 Å². The molecule has 2 aromatic rings. The lowest BCUT2D eigenvalue weighted by Gasteiger charge is -2.51. The highest BCUT2D eigenvalue weighted by Crippen LogP contribution is 2.57. The molecule has 4 aliphatic rings. The second-order valence-electron chi connectivity index (χ2n) is 11.2. The molecular weight excluding hydrogens is 404 g/mol. The summed E-state index contributed by atoms with van der Waals surface area (Å²) in [6.45, 7) is 0.361. The fourth-order valence-corrected chi connectivity index (χ4v) is 7.98. The standard InChI is InChI=1S/C31H40O2/c1-3-9-23(10-4-1)24-14-17-27(18-15-24)31(26-11-5-2-6-12-26)20-8-7-13-28(31)25-16-19-29-30(21-25)33-22-32-29/h14-19,21,23,26,28H,1-13,20,22H2. The molecule has 3 saturated carbocycles. The maximum atomic E-state index is 5.81. The van der Waals surface area contributed by atoms with Crippen LogP contribution < -0.4 is 9.47 Å². The van der Waals surface area contributed by atoms with E-state index in [2.05, 4.69) is 42.5 Å². The molecule has 6 rings (SSSR count). The minimum Gasteiger partial charge on any atom is -0.454 e. The molecular formula is C31H40O2. The molecule has 0 spiro atoms. The maximum Gasteiger partial charge on any atom is 0.231 e. The third kappa shape index (κ3) is 3.98. The van der Waals surface area contributed by atoms with Gasteiger partial charge in [-0.1, -0.05) is 81.7 Å². The van der Waals surface area contributed by atoms with Gasteiger partial charge in [-0.25, -0.2) is 0 Å². The zero-order valence-corrected chi connectivity index (χ0v) is 20.2. The first-order valence-electron chi connectivity index (χ1n) is 13.8. The fraction of sp³-hybridized carbons (Fsp3) is 0.613. The first kappa shape index (κ1) is 21.6. The maximum absolute atomic E-state index is 5.81. The molecule has 33 heavy (non-hydrogen) atoms. The predicted molar refractivity (Wildman–Crippen MR) is 134 cm³/mol. The average Bonchev–Trinajstić information content (AvgIpc) is 3.38. The number of rotatable bonds is 4. The normalized spacial score (nSPS) is 28.7. The van der Waals surface area contributed by atoms with E-state index >= 15 is 0 Å². The summed E-state index contributed by atoms with van der Waals surface area (Å²) in [4.78, 5) is 0. The smallest absolute Gasteiger partial charge is 0.231 e. The zero-order chi connectivity index (χ0) is 22.1. The topological polar surface area (TPSA) is 18.5 Å². The molecule has 0 N–H and O–H groups in total. The fourth-order valence-electron chi connectivity index (χ4n) is 7.98. The summed E-state index contributed by atoms with van der Waals surface area (Å²) in [6, 6.07) is 17.0. The van der Waals surface area contributed by atoms with Crippen LogP contribution in [0, 0.1) is 5.92 Å². The minimum absolute atomic E-state index is 0.261. The molecule has 2 heteroatoms. The number of ether oxygens (including phenoxy) is 2. The van der Waals surface area contributed by atoms with Crippen molar-refractivity contribution in [3.05, 3.63) is 59.2 Å². The highest BCUT2D eigenvalue weighted by Gasteiger charge is 2.48. The predicted octanol–water partition coefficient (Wildman–Crippen LogP) is 8.64. The molecule has 3 fully saturated rings. The van der Waals surface area contributed by atoms with E-state index in [1.165, 1.54) is 95.5 Å². The molecule has 1 heterocycles. The molecule has 3 aliphatic carbocycles. The summed E-state index contributed by atoms with van der Waals surface area (Å²) in [5, 5.41) is 0. The van der Waals surface area contributed by atoms with Gasteiger partial charge in [0.05, 0.1) is 0 Å². The third-order valence-corrected chi connectivity index (χ3v) is 9.61. The van der Waals surface area contributed by atoms with Crippen molar-refractivity contribution < 1.29 is 9.47 Å². The first-order valence-corrected chi connectivity index (χ1v) is 13.8. The summed E-state index contributed by atoms with van der Waals surface area (Å²) in [6.07, 6.45) is 19.3. The van der Waals surface area contributed by atoms with Crippen LogP contribution in [0.25, 0.3) is 0 Å². The molecule has 0 radical (unpaired) electrons. The lowest BCUT2D eigenvalue weighted by molar-refractivity contribution is 0.122. The Labute approximate surface area is 200 Å². The Kier molecular flexibility index (Phi) is 6.11. The van der Waals surface area contributed by atoms with Crippen LogP contribution in [0.3, 0.4) is 0 Å². The van der Waals surface area contributed by atoms with Gasteiger partial charge in [-0.15, -0.1) is 0 Å². The van der Waals surface area contributed by atoms with Crippen LogP contribution in [0.15, 0.2) is 42.5 Å². The van der Waals surface area contributed by atoms with E-state index in [9.17, 15) is 0 Å². The van der Waals surface area contributed by atoms with Crippen LogP contribution in [-0.4, -0.2) is 6.79 Å². The zero-order valence-electron chi connectivity index (χ0n) is 20.2. The summed E-state index contributed by atoms with van der Waals surface area (Å²) in [5.41, 5.74) is 4.95. The summed E-state index contributed by atoms with van der Waals surface area (Å²) < 4.78 is 11.5. The molecule has 2 aromatic carbocycles. The Bertz CT molecular complexity index is 936. The van der Waals surface area contributed by atoms with Gasteiger partial charge in [0.25, 0.3) is 0 Å². The van der Waals surface area contributed by atoms with Crippen molar-refractivity contribution in [3.63, 3.8) is 0 Å². The van der Waals surface area contributed by atoms with E-state index in [0.717, 1.165) is 23.3 Å². The van der Waals surface area contributed by atoms with Gasteiger partial charge in [-0.3, -0.25) is 0 Å². The molecule has 0 aromatic heterocycles. The van der Waals surface area contributed by atoms with Gasteiger partial charge in [0.15, 0.2) is 11.5 Å². The Morgan fingerprint density at radius 1 is 0.606 bits per heavy atom. The molecule has 2 unspecified atom stereocenters. The Hall–Kier alpha value is -1.96. The van der Waals surface area contributed by atoms with Crippen molar-refractivity contribution in [2.45, 2.75) is 107 Å². The summed E-state index contributed by atoms with van der Waals surface area (Å²) >= 11 is 0. The van der Waals surface area contributed by atoms with Crippen LogP contribution in [0.5, 0.6) is 11.5 Å². The van der Waals surface area contributed by atoms with E-state index in [1.54, 1.807) is 11.1 Å². The largest absolute Gasteiger partial charge is 0.454 e. The van der Waals surface area contributed by atoms with Crippen molar-refractivity contribution >= 4 is 0 Å². The minimum atomic E-state index is 0.261. The van der Waals surface area contributed by atoms with Gasteiger partial charge in [-0.2, -0.15) is 0 Å². The molecule has 2 nitrogen and oxygen atoms in total. The van der Waals surface area contributed by atoms with Crippen LogP contribution in [0.4, 0.5) is 0 Å². The second-order valence-corrected chi connectivity index (χ2v) is 11.2. The van der Waals surface area contributed by atoms with Crippen molar-refractivity contribution in [1.29, 1.82) is 0 Å². The number of hydrogen-bond donors (Lipinski definition) is 0. The van der Waals surface area contributed by atoms with Gasteiger partial charge in [0, 0.05) is 5.41 Å². The Morgan fingerprint density at radius 2 is 1.27 bits per heavy atom. The van der Waals surface area contributed by atoms with E-state index in [4.69, 9.17) is 9.47 Å². The van der Waals surface area contributed by atoms with Gasteiger partial charge < -0.3 is 9.47 Å². The Morgan fingerprint density at radius 3 is 2.06 bits per heavy atom.